The molecule has 2 N–H and O–H groups in total. The molecule has 2 aromatic carbocycles. The number of nitrogens with zero attached hydrogens (tertiary/aromatic N) is 5. The van der Waals surface area contributed by atoms with Crippen LogP contribution in [0, 0.1) is 0 Å². The van der Waals surface area contributed by atoms with Crippen molar-refractivity contribution in [3.05, 3.63) is 48.5 Å². The van der Waals surface area contributed by atoms with Gasteiger partial charge < -0.3 is 5.73 Å². The number of tetrazole rings is 1. The van der Waals surface area contributed by atoms with Gasteiger partial charge in [0.05, 0.1) is 11.0 Å². The van der Waals surface area contributed by atoms with Gasteiger partial charge in [-0.2, -0.15) is 4.52 Å². The Kier molecular flexibility index (Phi) is 2.71. The number of para-hydroxylation sites is 2. The molecule has 21 heavy (non-hydrogen) atoms. The molecular formula is C14H10N6S. The number of aromatic nitrogens is 5. The van der Waals surface area contributed by atoms with Crippen molar-refractivity contribution in [2.45, 2.75) is 9.92 Å². The predicted octanol–water partition coefficient (Wildman–Crippen LogP) is 2.41. The van der Waals surface area contributed by atoms with E-state index in [4.69, 9.17) is 5.73 Å². The van der Waals surface area contributed by atoms with Gasteiger partial charge in [-0.25, -0.2) is 4.98 Å². The van der Waals surface area contributed by atoms with E-state index in [9.17, 15) is 0 Å². The lowest BCUT2D eigenvalue weighted by molar-refractivity contribution is 0.839. The summed E-state index contributed by atoms with van der Waals surface area (Å²) in [6.07, 6.45) is 0. The minimum absolute atomic E-state index is 0.649. The highest BCUT2D eigenvalue weighted by molar-refractivity contribution is 7.99. The molecule has 0 unspecified atom stereocenters. The molecule has 2 aromatic heterocycles. The van der Waals surface area contributed by atoms with Crippen molar-refractivity contribution < 1.29 is 0 Å². The van der Waals surface area contributed by atoms with E-state index in [2.05, 4.69) is 20.5 Å². The Morgan fingerprint density at radius 2 is 1.81 bits per heavy atom. The highest BCUT2D eigenvalue weighted by atomic mass is 32.2. The lowest BCUT2D eigenvalue weighted by atomic mass is 10.3. The van der Waals surface area contributed by atoms with Crippen molar-refractivity contribution >= 4 is 34.1 Å². The molecule has 7 heteroatoms. The number of anilines is 1. The third kappa shape index (κ3) is 2.07. The summed E-state index contributed by atoms with van der Waals surface area (Å²) in [6.45, 7) is 0. The van der Waals surface area contributed by atoms with Crippen LogP contribution in [0.3, 0.4) is 0 Å². The number of hydrogen-bond acceptors (Lipinski definition) is 6. The molecule has 0 saturated carbocycles. The second-order valence-electron chi connectivity index (χ2n) is 4.49. The smallest absolute Gasteiger partial charge is 0.212 e. The standard InChI is InChI=1S/C14H10N6S/c15-9-5-7-10(8-6-9)21-14-13-17-18-19-20(13)12-4-2-1-3-11(12)16-14/h1-8H,15H2. The van der Waals surface area contributed by atoms with Crippen LogP contribution in [-0.2, 0) is 0 Å². The predicted molar refractivity (Wildman–Crippen MR) is 81.1 cm³/mol. The quantitative estimate of drug-likeness (QED) is 0.572. The molecule has 0 aliphatic heterocycles. The van der Waals surface area contributed by atoms with Gasteiger partial charge in [-0.15, -0.1) is 5.10 Å². The van der Waals surface area contributed by atoms with Crippen molar-refractivity contribution in [3.8, 4) is 0 Å². The van der Waals surface area contributed by atoms with Crippen molar-refractivity contribution in [2.24, 2.45) is 0 Å². The first kappa shape index (κ1) is 12.1. The van der Waals surface area contributed by atoms with Crippen LogP contribution in [0.4, 0.5) is 5.69 Å². The zero-order valence-corrected chi connectivity index (χ0v) is 11.7. The van der Waals surface area contributed by atoms with E-state index in [-0.39, 0.29) is 0 Å². The van der Waals surface area contributed by atoms with Crippen LogP contribution in [0.1, 0.15) is 0 Å². The molecule has 0 spiro atoms. The molecule has 0 saturated heterocycles. The van der Waals surface area contributed by atoms with Crippen molar-refractivity contribution in [3.63, 3.8) is 0 Å². The summed E-state index contributed by atoms with van der Waals surface area (Å²) >= 11 is 1.52. The summed E-state index contributed by atoms with van der Waals surface area (Å²) in [7, 11) is 0. The van der Waals surface area contributed by atoms with Crippen LogP contribution in [0.5, 0.6) is 0 Å². The molecule has 0 amide bonds. The van der Waals surface area contributed by atoms with Gasteiger partial charge in [0.1, 0.15) is 5.03 Å². The summed E-state index contributed by atoms with van der Waals surface area (Å²) < 4.78 is 1.71. The molecule has 0 aliphatic rings. The zero-order valence-electron chi connectivity index (χ0n) is 10.8. The van der Waals surface area contributed by atoms with Crippen LogP contribution >= 0.6 is 11.8 Å². The Morgan fingerprint density at radius 3 is 2.67 bits per heavy atom. The fourth-order valence-corrected chi connectivity index (χ4v) is 2.95. The number of fused-ring (bicyclic) bond motifs is 3. The number of benzene rings is 2. The molecule has 0 fully saturated rings. The molecule has 0 bridgehead atoms. The third-order valence-corrected chi connectivity index (χ3v) is 4.06. The average Bonchev–Trinajstić information content (AvgIpc) is 3.00. The van der Waals surface area contributed by atoms with E-state index >= 15 is 0 Å². The number of hydrogen-bond donors (Lipinski definition) is 1. The monoisotopic (exact) mass is 294 g/mol. The molecule has 102 valence electrons. The molecule has 4 rings (SSSR count). The molecule has 0 radical (unpaired) electrons. The van der Waals surface area contributed by atoms with Crippen molar-refractivity contribution in [1.29, 1.82) is 0 Å². The molecule has 0 aliphatic carbocycles. The van der Waals surface area contributed by atoms with Gasteiger partial charge in [-0.1, -0.05) is 23.9 Å². The first-order valence-electron chi connectivity index (χ1n) is 6.31. The van der Waals surface area contributed by atoms with Gasteiger partial charge in [-0.05, 0) is 46.8 Å². The summed E-state index contributed by atoms with van der Waals surface area (Å²) in [5, 5.41) is 12.6. The van der Waals surface area contributed by atoms with E-state index in [0.717, 1.165) is 26.6 Å². The van der Waals surface area contributed by atoms with E-state index < -0.39 is 0 Å². The Morgan fingerprint density at radius 1 is 1.00 bits per heavy atom. The van der Waals surface area contributed by atoms with Gasteiger partial charge >= 0.3 is 0 Å². The molecule has 2 heterocycles. The van der Waals surface area contributed by atoms with E-state index in [1.54, 1.807) is 4.52 Å². The summed E-state index contributed by atoms with van der Waals surface area (Å²) in [4.78, 5) is 5.70. The van der Waals surface area contributed by atoms with Crippen LogP contribution in [0.15, 0.2) is 58.5 Å². The number of nitrogens with two attached hydrogens (primary N) is 1. The van der Waals surface area contributed by atoms with Crippen molar-refractivity contribution in [2.75, 3.05) is 5.73 Å². The van der Waals surface area contributed by atoms with Crippen molar-refractivity contribution in [1.82, 2.24) is 25.0 Å². The van der Waals surface area contributed by atoms with Gasteiger partial charge in [0.25, 0.3) is 0 Å². The molecule has 4 aromatic rings. The maximum Gasteiger partial charge on any atom is 0.212 e. The third-order valence-electron chi connectivity index (χ3n) is 3.09. The van der Waals surface area contributed by atoms with Crippen LogP contribution in [0.2, 0.25) is 0 Å². The minimum Gasteiger partial charge on any atom is -0.399 e. The average molecular weight is 294 g/mol. The lowest BCUT2D eigenvalue weighted by Crippen LogP contribution is -1.96. The SMILES string of the molecule is Nc1ccc(Sc2nc3ccccc3n3nnnc23)cc1. The first-order valence-corrected chi connectivity index (χ1v) is 7.13. The fraction of sp³-hybridized carbons (Fsp3) is 0. The maximum atomic E-state index is 5.71. The highest BCUT2D eigenvalue weighted by Gasteiger charge is 2.12. The highest BCUT2D eigenvalue weighted by Crippen LogP contribution is 2.30. The normalized spacial score (nSPS) is 11.2. The van der Waals surface area contributed by atoms with Gasteiger partial charge in [0.15, 0.2) is 0 Å². The number of nitrogen functional groups attached to an aromatic ring is 1. The minimum atomic E-state index is 0.649. The Labute approximate surface area is 124 Å². The Balaban J connectivity index is 1.90. The summed E-state index contributed by atoms with van der Waals surface area (Å²) in [6, 6.07) is 15.4. The van der Waals surface area contributed by atoms with Gasteiger partial charge in [-0.3, -0.25) is 0 Å². The summed E-state index contributed by atoms with van der Waals surface area (Å²) in [5.74, 6) is 0. The fourth-order valence-electron chi connectivity index (χ4n) is 2.10. The number of rotatable bonds is 2. The summed E-state index contributed by atoms with van der Waals surface area (Å²) in [5.41, 5.74) is 8.84. The topological polar surface area (TPSA) is 82.0 Å². The zero-order chi connectivity index (χ0) is 14.2. The second kappa shape index (κ2) is 4.71. The lowest BCUT2D eigenvalue weighted by Gasteiger charge is -2.05. The van der Waals surface area contributed by atoms with Crippen LogP contribution < -0.4 is 5.73 Å². The molecule has 0 atom stereocenters. The largest absolute Gasteiger partial charge is 0.399 e. The van der Waals surface area contributed by atoms with Crippen LogP contribution in [-0.4, -0.2) is 25.0 Å². The first-order chi connectivity index (χ1) is 10.3. The van der Waals surface area contributed by atoms with Gasteiger partial charge in [0.2, 0.25) is 5.65 Å². The van der Waals surface area contributed by atoms with E-state index in [1.807, 2.05) is 48.5 Å². The van der Waals surface area contributed by atoms with E-state index in [1.165, 1.54) is 11.8 Å². The Hall–Kier alpha value is -2.67. The molecule has 6 nitrogen and oxygen atoms in total. The van der Waals surface area contributed by atoms with Gasteiger partial charge in [0, 0.05) is 10.6 Å². The Bertz CT molecular complexity index is 931. The molecular weight excluding hydrogens is 284 g/mol. The van der Waals surface area contributed by atoms with Crippen LogP contribution in [0.25, 0.3) is 16.7 Å². The van der Waals surface area contributed by atoms with E-state index in [0.29, 0.717) is 5.65 Å². The maximum absolute atomic E-state index is 5.71. The second-order valence-corrected chi connectivity index (χ2v) is 5.55.